The second kappa shape index (κ2) is 5.56. The van der Waals surface area contributed by atoms with Crippen LogP contribution >= 0.6 is 11.3 Å². The molecule has 1 unspecified atom stereocenters. The summed E-state index contributed by atoms with van der Waals surface area (Å²) in [6, 6.07) is -0.420. The van der Waals surface area contributed by atoms with Gasteiger partial charge in [0.25, 0.3) is 0 Å². The van der Waals surface area contributed by atoms with Gasteiger partial charge in [-0.2, -0.15) is 0 Å². The SMILES string of the molecule is CCC1C(=O)NCCN1C(=O)Cn1c(C)csc1=O. The first kappa shape index (κ1) is 13.8. The summed E-state index contributed by atoms with van der Waals surface area (Å²) in [6.07, 6.45) is 0.578. The number of nitrogens with one attached hydrogen (secondary N) is 1. The lowest BCUT2D eigenvalue weighted by Crippen LogP contribution is -2.57. The summed E-state index contributed by atoms with van der Waals surface area (Å²) in [5.41, 5.74) is 0.776. The minimum atomic E-state index is -0.420. The van der Waals surface area contributed by atoms with Crippen LogP contribution in [0.3, 0.4) is 0 Å². The fraction of sp³-hybridized carbons (Fsp3) is 0.583. The lowest BCUT2D eigenvalue weighted by molar-refractivity contribution is -0.143. The molecule has 1 aliphatic rings. The molecule has 1 aliphatic heterocycles. The average Bonchev–Trinajstić information content (AvgIpc) is 2.70. The van der Waals surface area contributed by atoms with E-state index in [4.69, 9.17) is 0 Å². The molecular weight excluding hydrogens is 266 g/mol. The Balaban J connectivity index is 2.15. The van der Waals surface area contributed by atoms with Crippen LogP contribution in [0.4, 0.5) is 0 Å². The minimum Gasteiger partial charge on any atom is -0.353 e. The Hall–Kier alpha value is -1.63. The van der Waals surface area contributed by atoms with Crippen LogP contribution in [-0.2, 0) is 16.1 Å². The quantitative estimate of drug-likeness (QED) is 0.846. The highest BCUT2D eigenvalue weighted by molar-refractivity contribution is 7.07. The molecule has 0 aromatic carbocycles. The fourth-order valence-electron chi connectivity index (χ4n) is 2.24. The van der Waals surface area contributed by atoms with E-state index in [9.17, 15) is 14.4 Å². The van der Waals surface area contributed by atoms with Crippen LogP contribution in [-0.4, -0.2) is 40.4 Å². The maximum Gasteiger partial charge on any atom is 0.307 e. The van der Waals surface area contributed by atoms with Gasteiger partial charge in [-0.15, -0.1) is 0 Å². The number of carbonyl (C=O) groups is 2. The Morgan fingerprint density at radius 1 is 1.53 bits per heavy atom. The molecular formula is C12H17N3O3S. The van der Waals surface area contributed by atoms with Crippen molar-refractivity contribution in [1.29, 1.82) is 0 Å². The van der Waals surface area contributed by atoms with Gasteiger partial charge in [-0.1, -0.05) is 18.3 Å². The zero-order chi connectivity index (χ0) is 14.0. The van der Waals surface area contributed by atoms with E-state index in [1.165, 1.54) is 4.57 Å². The number of aryl methyl sites for hydroxylation is 1. The zero-order valence-electron chi connectivity index (χ0n) is 11.0. The molecule has 1 N–H and O–H groups in total. The Bertz CT molecular complexity index is 549. The third-order valence-corrected chi connectivity index (χ3v) is 4.19. The van der Waals surface area contributed by atoms with Crippen molar-refractivity contribution in [2.75, 3.05) is 13.1 Å². The van der Waals surface area contributed by atoms with Crippen molar-refractivity contribution in [3.05, 3.63) is 20.7 Å². The van der Waals surface area contributed by atoms with Crippen LogP contribution < -0.4 is 10.2 Å². The predicted octanol–water partition coefficient (Wildman–Crippen LogP) is -0.0448. The second-order valence-corrected chi connectivity index (χ2v) is 5.35. The highest BCUT2D eigenvalue weighted by atomic mass is 32.1. The normalized spacial score (nSPS) is 19.4. The van der Waals surface area contributed by atoms with Crippen LogP contribution in [0.25, 0.3) is 0 Å². The van der Waals surface area contributed by atoms with E-state index in [0.717, 1.165) is 17.0 Å². The number of nitrogens with zero attached hydrogens (tertiary/aromatic N) is 2. The monoisotopic (exact) mass is 283 g/mol. The number of piperazine rings is 1. The van der Waals surface area contributed by atoms with E-state index in [0.29, 0.717) is 19.5 Å². The number of carbonyl (C=O) groups excluding carboxylic acids is 2. The van der Waals surface area contributed by atoms with Crippen molar-refractivity contribution in [3.63, 3.8) is 0 Å². The molecule has 1 aromatic rings. The smallest absolute Gasteiger partial charge is 0.307 e. The van der Waals surface area contributed by atoms with Crippen molar-refractivity contribution in [1.82, 2.24) is 14.8 Å². The molecule has 0 bridgehead atoms. The summed E-state index contributed by atoms with van der Waals surface area (Å²) >= 11 is 1.08. The van der Waals surface area contributed by atoms with E-state index in [-0.39, 0.29) is 23.2 Å². The fourth-order valence-corrected chi connectivity index (χ4v) is 2.98. The Labute approximate surface area is 115 Å². The number of amides is 2. The maximum absolute atomic E-state index is 12.3. The molecule has 1 fully saturated rings. The summed E-state index contributed by atoms with van der Waals surface area (Å²) in [5.74, 6) is -0.290. The van der Waals surface area contributed by atoms with Crippen LogP contribution in [0.2, 0.25) is 0 Å². The molecule has 1 atom stereocenters. The topological polar surface area (TPSA) is 71.4 Å². The molecule has 0 radical (unpaired) electrons. The number of hydrogen-bond acceptors (Lipinski definition) is 4. The van der Waals surface area contributed by atoms with Gasteiger partial charge in [0, 0.05) is 24.2 Å². The number of hydrogen-bond donors (Lipinski definition) is 1. The molecule has 7 heteroatoms. The van der Waals surface area contributed by atoms with E-state index in [1.54, 1.807) is 17.2 Å². The first-order valence-corrected chi connectivity index (χ1v) is 7.14. The number of rotatable bonds is 3. The Morgan fingerprint density at radius 3 is 2.84 bits per heavy atom. The van der Waals surface area contributed by atoms with Gasteiger partial charge in [0.05, 0.1) is 0 Å². The van der Waals surface area contributed by atoms with E-state index in [2.05, 4.69) is 5.32 Å². The molecule has 1 aromatic heterocycles. The molecule has 2 amide bonds. The van der Waals surface area contributed by atoms with Crippen LogP contribution in [0.5, 0.6) is 0 Å². The van der Waals surface area contributed by atoms with Crippen molar-refractivity contribution >= 4 is 23.2 Å². The zero-order valence-corrected chi connectivity index (χ0v) is 11.8. The van der Waals surface area contributed by atoms with Crippen LogP contribution in [0, 0.1) is 6.92 Å². The summed E-state index contributed by atoms with van der Waals surface area (Å²) in [5, 5.41) is 4.48. The van der Waals surface area contributed by atoms with Gasteiger partial charge in [-0.05, 0) is 13.3 Å². The molecule has 0 saturated carbocycles. The molecule has 6 nitrogen and oxygen atoms in total. The van der Waals surface area contributed by atoms with E-state index in [1.807, 2.05) is 6.92 Å². The van der Waals surface area contributed by atoms with Crippen molar-refractivity contribution in [3.8, 4) is 0 Å². The molecule has 1 saturated heterocycles. The third-order valence-electron chi connectivity index (χ3n) is 3.31. The van der Waals surface area contributed by atoms with Gasteiger partial charge in [0.2, 0.25) is 11.8 Å². The molecule has 2 heterocycles. The summed E-state index contributed by atoms with van der Waals surface area (Å²) in [7, 11) is 0. The molecule has 2 rings (SSSR count). The van der Waals surface area contributed by atoms with E-state index >= 15 is 0 Å². The van der Waals surface area contributed by atoms with Gasteiger partial charge in [-0.3, -0.25) is 19.0 Å². The lowest BCUT2D eigenvalue weighted by atomic mass is 10.1. The number of thiazole rings is 1. The van der Waals surface area contributed by atoms with Gasteiger partial charge >= 0.3 is 4.87 Å². The minimum absolute atomic E-state index is 0.0119. The standard InChI is InChI=1S/C12H17N3O3S/c1-3-9-11(17)13-4-5-14(9)10(16)6-15-8(2)7-19-12(15)18/h7,9H,3-6H2,1-2H3,(H,13,17). The Morgan fingerprint density at radius 2 is 2.26 bits per heavy atom. The second-order valence-electron chi connectivity index (χ2n) is 4.53. The van der Waals surface area contributed by atoms with Gasteiger partial charge < -0.3 is 10.2 Å². The highest BCUT2D eigenvalue weighted by Gasteiger charge is 2.31. The van der Waals surface area contributed by atoms with E-state index < -0.39 is 6.04 Å². The molecule has 0 aliphatic carbocycles. The molecule has 0 spiro atoms. The Kier molecular flexibility index (Phi) is 4.04. The average molecular weight is 283 g/mol. The number of aromatic nitrogens is 1. The van der Waals surface area contributed by atoms with Crippen molar-refractivity contribution < 1.29 is 9.59 Å². The molecule has 104 valence electrons. The first-order valence-electron chi connectivity index (χ1n) is 6.26. The molecule has 19 heavy (non-hydrogen) atoms. The highest BCUT2D eigenvalue weighted by Crippen LogP contribution is 2.10. The van der Waals surface area contributed by atoms with Gasteiger partial charge in [-0.25, -0.2) is 0 Å². The predicted molar refractivity (Wildman–Crippen MR) is 72.1 cm³/mol. The summed E-state index contributed by atoms with van der Waals surface area (Å²) in [4.78, 5) is 37.0. The van der Waals surface area contributed by atoms with Gasteiger partial charge in [0.15, 0.2) is 0 Å². The maximum atomic E-state index is 12.3. The van der Waals surface area contributed by atoms with Crippen LogP contribution in [0.15, 0.2) is 10.2 Å². The largest absolute Gasteiger partial charge is 0.353 e. The third kappa shape index (κ3) is 2.70. The van der Waals surface area contributed by atoms with Crippen molar-refractivity contribution in [2.45, 2.75) is 32.9 Å². The van der Waals surface area contributed by atoms with Gasteiger partial charge in [0.1, 0.15) is 12.6 Å². The summed E-state index contributed by atoms with van der Waals surface area (Å²) < 4.78 is 1.45. The summed E-state index contributed by atoms with van der Waals surface area (Å²) in [6.45, 7) is 4.65. The van der Waals surface area contributed by atoms with Crippen molar-refractivity contribution in [2.24, 2.45) is 0 Å². The van der Waals surface area contributed by atoms with Crippen LogP contribution in [0.1, 0.15) is 19.0 Å². The first-order chi connectivity index (χ1) is 9.04. The lowest BCUT2D eigenvalue weighted by Gasteiger charge is -2.34.